The van der Waals surface area contributed by atoms with Crippen molar-refractivity contribution in [3.63, 3.8) is 0 Å². The Morgan fingerprint density at radius 3 is 0.806 bits per heavy atom. The van der Waals surface area contributed by atoms with E-state index in [-0.39, 0.29) is 0 Å². The van der Waals surface area contributed by atoms with Gasteiger partial charge in [-0.05, 0) is 0 Å². The third kappa shape index (κ3) is 11.7. The Morgan fingerprint density at radius 2 is 0.645 bits per heavy atom. The third-order valence-corrected chi connectivity index (χ3v) is 37.3. The van der Waals surface area contributed by atoms with Crippen molar-refractivity contribution in [3.05, 3.63) is 20.7 Å². The first kappa shape index (κ1) is 31.9. The van der Waals surface area contributed by atoms with Gasteiger partial charge in [0, 0.05) is 0 Å². The molecule has 0 amide bonds. The van der Waals surface area contributed by atoms with Gasteiger partial charge in [-0.2, -0.15) is 0 Å². The maximum atomic E-state index is 6.96. The van der Waals surface area contributed by atoms with Crippen LogP contribution < -0.4 is 0 Å². The quantitative estimate of drug-likeness (QED) is 0.0839. The van der Waals surface area contributed by atoms with Crippen molar-refractivity contribution in [2.45, 2.75) is 145 Å². The molecule has 0 heterocycles. The van der Waals surface area contributed by atoms with Crippen LogP contribution >= 0.6 is 0 Å². The van der Waals surface area contributed by atoms with E-state index in [1.165, 1.54) is 111 Å². The van der Waals surface area contributed by atoms with Gasteiger partial charge in [-0.3, -0.25) is 0 Å². The summed E-state index contributed by atoms with van der Waals surface area (Å²) in [5, 5.41) is 0. The molecule has 0 aliphatic rings. The van der Waals surface area contributed by atoms with E-state index in [0.29, 0.717) is 0 Å². The molecule has 0 saturated carbocycles. The summed E-state index contributed by atoms with van der Waals surface area (Å²) in [6.07, 6.45) is 16.0. The zero-order chi connectivity index (χ0) is 23.6. The van der Waals surface area contributed by atoms with Crippen molar-refractivity contribution < 1.29 is 4.74 Å². The zero-order valence-electron chi connectivity index (χ0n) is 22.6. The van der Waals surface area contributed by atoms with E-state index in [1.54, 1.807) is 0 Å². The van der Waals surface area contributed by atoms with Crippen LogP contribution in [0.25, 0.3) is 0 Å². The number of rotatable bonds is 22. The molecular weight excluding hydrogens is 590 g/mol. The van der Waals surface area contributed by atoms with Gasteiger partial charge in [0.15, 0.2) is 0 Å². The van der Waals surface area contributed by atoms with Crippen LogP contribution in [-0.2, 0) is 4.74 Å². The monoisotopic (exact) mass is 650 g/mol. The Bertz CT molecular complexity index is 386. The summed E-state index contributed by atoms with van der Waals surface area (Å²) in [5.74, 6) is 0. The fourth-order valence-electron chi connectivity index (χ4n) is 5.04. The van der Waals surface area contributed by atoms with Gasteiger partial charge < -0.3 is 0 Å². The maximum absolute atomic E-state index is 6.96. The van der Waals surface area contributed by atoms with E-state index >= 15 is 0 Å². The Morgan fingerprint density at radius 1 is 0.452 bits per heavy atom. The molecule has 0 saturated heterocycles. The van der Waals surface area contributed by atoms with Crippen LogP contribution in [0.2, 0.25) is 26.6 Å². The molecule has 0 bridgehead atoms. The first-order valence-corrected chi connectivity index (χ1v) is 28.9. The van der Waals surface area contributed by atoms with E-state index < -0.39 is 36.8 Å². The molecule has 0 rings (SSSR count). The average molecular weight is 648 g/mol. The Kier molecular flexibility index (Phi) is 19.8. The molecular formula is C28H58OSn2. The summed E-state index contributed by atoms with van der Waals surface area (Å²) >= 11 is -5.12. The predicted molar refractivity (Wildman–Crippen MR) is 149 cm³/mol. The van der Waals surface area contributed by atoms with E-state index in [0.717, 1.165) is 0 Å². The first-order valence-electron chi connectivity index (χ1n) is 14.0. The minimum atomic E-state index is -2.56. The van der Waals surface area contributed by atoms with E-state index in [2.05, 4.69) is 41.5 Å². The number of ether oxygens (including phenoxy) is 1. The summed E-state index contributed by atoms with van der Waals surface area (Å²) < 4.78 is 18.2. The van der Waals surface area contributed by atoms with Gasteiger partial charge in [0.2, 0.25) is 0 Å². The van der Waals surface area contributed by atoms with Crippen molar-refractivity contribution in [1.82, 2.24) is 0 Å². The molecule has 31 heavy (non-hydrogen) atoms. The second-order valence-electron chi connectivity index (χ2n) is 10.1. The molecule has 1 nitrogen and oxygen atoms in total. The van der Waals surface area contributed by atoms with Crippen LogP contribution in [-0.4, -0.2) is 36.8 Å². The standard InChI is InChI=1S/C4H4O.6C4H9.2Sn/c1-3-5-4-2;6*1-3-4-2;;/h1-2H2;6*1,3-4H2,2H3;;. The van der Waals surface area contributed by atoms with Crippen LogP contribution in [0, 0.1) is 0 Å². The van der Waals surface area contributed by atoms with Gasteiger partial charge in [0.05, 0.1) is 0 Å². The summed E-state index contributed by atoms with van der Waals surface area (Å²) in [7, 11) is 0. The fraction of sp³-hybridized carbons (Fsp3) is 0.857. The minimum absolute atomic E-state index is 1.29. The Hall–Kier alpha value is 0.877. The zero-order valence-corrected chi connectivity index (χ0v) is 28.3. The van der Waals surface area contributed by atoms with Gasteiger partial charge in [-0.1, -0.05) is 0 Å². The van der Waals surface area contributed by atoms with E-state index in [1.807, 2.05) is 0 Å². The number of hydrogen-bond donors (Lipinski definition) is 0. The molecule has 0 radical (unpaired) electrons. The SMILES string of the molecule is C=[C](O[C](=C)[Sn]([CH2]CCC)([CH2]CCC)[CH2]CCC)[Sn]([CH2]CCC)([CH2]CCC)[CH2]CCC. The van der Waals surface area contributed by atoms with Gasteiger partial charge >= 0.3 is 207 Å². The number of hydrogen-bond acceptors (Lipinski definition) is 1. The van der Waals surface area contributed by atoms with Crippen molar-refractivity contribution >= 4 is 36.8 Å². The molecule has 0 aromatic carbocycles. The predicted octanol–water partition coefficient (Wildman–Crippen LogP) is 10.8. The molecule has 0 atom stereocenters. The van der Waals surface area contributed by atoms with Crippen molar-refractivity contribution in [2.75, 3.05) is 0 Å². The third-order valence-electron chi connectivity index (χ3n) is 7.48. The molecule has 0 unspecified atom stereocenters. The second-order valence-corrected chi connectivity index (χ2v) is 36.5. The fourth-order valence-corrected chi connectivity index (χ4v) is 34.5. The van der Waals surface area contributed by atoms with Crippen LogP contribution in [0.5, 0.6) is 0 Å². The van der Waals surface area contributed by atoms with Gasteiger partial charge in [-0.15, -0.1) is 0 Å². The number of unbranched alkanes of at least 4 members (excludes halogenated alkanes) is 6. The van der Waals surface area contributed by atoms with E-state index in [4.69, 9.17) is 17.9 Å². The normalized spacial score (nSPS) is 12.2. The van der Waals surface area contributed by atoms with Gasteiger partial charge in [0.1, 0.15) is 0 Å². The van der Waals surface area contributed by atoms with Crippen molar-refractivity contribution in [1.29, 1.82) is 0 Å². The molecule has 0 fully saturated rings. The molecule has 0 aliphatic heterocycles. The van der Waals surface area contributed by atoms with Crippen LogP contribution in [0.15, 0.2) is 20.7 Å². The van der Waals surface area contributed by atoms with Gasteiger partial charge in [0.25, 0.3) is 0 Å². The van der Waals surface area contributed by atoms with Crippen LogP contribution in [0.3, 0.4) is 0 Å². The summed E-state index contributed by atoms with van der Waals surface area (Å²) in [5.41, 5.74) is 0. The molecule has 3 heteroatoms. The summed E-state index contributed by atoms with van der Waals surface area (Å²) in [4.78, 5) is 0. The first-order chi connectivity index (χ1) is 14.9. The summed E-state index contributed by atoms with van der Waals surface area (Å²) in [6.45, 7) is 23.5. The molecule has 0 aromatic rings. The van der Waals surface area contributed by atoms with E-state index in [9.17, 15) is 0 Å². The average Bonchev–Trinajstić information content (AvgIpc) is 2.78. The van der Waals surface area contributed by atoms with Crippen molar-refractivity contribution in [3.8, 4) is 0 Å². The topological polar surface area (TPSA) is 9.23 Å². The second kappa shape index (κ2) is 19.2. The Balaban J connectivity index is 5.80. The molecule has 0 N–H and O–H groups in total. The molecule has 0 aromatic heterocycles. The molecule has 0 aliphatic carbocycles. The van der Waals surface area contributed by atoms with Crippen molar-refractivity contribution in [2.24, 2.45) is 0 Å². The molecule has 0 spiro atoms. The summed E-state index contributed by atoms with van der Waals surface area (Å²) in [6, 6.07) is 0. The van der Waals surface area contributed by atoms with Crippen LogP contribution in [0.1, 0.15) is 119 Å². The Labute approximate surface area is 206 Å². The van der Waals surface area contributed by atoms with Crippen LogP contribution in [0.4, 0.5) is 0 Å². The van der Waals surface area contributed by atoms with Gasteiger partial charge in [-0.25, -0.2) is 0 Å². The molecule has 184 valence electrons.